The Morgan fingerprint density at radius 3 is 2.14 bits per heavy atom. The first-order valence-electron chi connectivity index (χ1n) is 6.72. The molecule has 1 aromatic carbocycles. The second kappa shape index (κ2) is 6.00. The lowest BCUT2D eigenvalue weighted by Gasteiger charge is -2.08. The van der Waals surface area contributed by atoms with Crippen molar-refractivity contribution in [1.82, 2.24) is 4.98 Å². The van der Waals surface area contributed by atoms with E-state index >= 15 is 0 Å². The topological polar surface area (TPSA) is 55.5 Å². The third kappa shape index (κ3) is 3.79. The van der Waals surface area contributed by atoms with Crippen molar-refractivity contribution >= 4 is 0 Å². The number of alkyl halides is 3. The van der Waals surface area contributed by atoms with Crippen molar-refractivity contribution < 1.29 is 27.4 Å². The number of nitrogens with zero attached hydrogens (tertiary/aromatic N) is 1. The maximum Gasteiger partial charge on any atom is 0.573 e. The molecule has 4 nitrogen and oxygen atoms in total. The first-order valence-corrected chi connectivity index (χ1v) is 6.72. The zero-order valence-corrected chi connectivity index (χ0v) is 12.3. The molecule has 0 bridgehead atoms. The predicted octanol–water partition coefficient (Wildman–Crippen LogP) is 4.42. The molecule has 0 aliphatic carbocycles. The highest BCUT2D eigenvalue weighted by atomic mass is 19.4. The van der Waals surface area contributed by atoms with Crippen LogP contribution in [0.4, 0.5) is 13.2 Å². The van der Waals surface area contributed by atoms with Crippen molar-refractivity contribution in [2.75, 3.05) is 0 Å². The van der Waals surface area contributed by atoms with Crippen LogP contribution in [0.1, 0.15) is 44.2 Å². The van der Waals surface area contributed by atoms with Gasteiger partial charge >= 0.3 is 6.36 Å². The van der Waals surface area contributed by atoms with Gasteiger partial charge in [0.05, 0.1) is 5.69 Å². The maximum absolute atomic E-state index is 12.1. The van der Waals surface area contributed by atoms with Gasteiger partial charge in [-0.15, -0.1) is 13.2 Å². The van der Waals surface area contributed by atoms with E-state index in [-0.39, 0.29) is 17.6 Å². The fraction of sp³-hybridized carbons (Fsp3) is 0.400. The van der Waals surface area contributed by atoms with E-state index in [0.717, 1.165) is 0 Å². The van der Waals surface area contributed by atoms with Crippen LogP contribution in [0.3, 0.4) is 0 Å². The Hall–Kier alpha value is -2.02. The molecular formula is C15H16F3NO3. The summed E-state index contributed by atoms with van der Waals surface area (Å²) in [6.45, 7) is 5.39. The van der Waals surface area contributed by atoms with Crippen molar-refractivity contribution in [3.63, 3.8) is 0 Å². The average Bonchev–Trinajstić information content (AvgIpc) is 2.83. The molecule has 0 amide bonds. The van der Waals surface area contributed by atoms with Gasteiger partial charge in [-0.05, 0) is 37.1 Å². The third-order valence-corrected chi connectivity index (χ3v) is 2.94. The second-order valence-corrected chi connectivity index (χ2v) is 5.17. The summed E-state index contributed by atoms with van der Waals surface area (Å²) in [5, 5.41) is 9.71. The molecule has 2 aromatic rings. The van der Waals surface area contributed by atoms with Gasteiger partial charge in [0.15, 0.2) is 5.76 Å². The summed E-state index contributed by atoms with van der Waals surface area (Å²) in [6.07, 6.45) is -5.54. The van der Waals surface area contributed by atoms with Crippen molar-refractivity contribution in [2.24, 2.45) is 0 Å². The van der Waals surface area contributed by atoms with Crippen LogP contribution >= 0.6 is 0 Å². The molecule has 0 aliphatic heterocycles. The van der Waals surface area contributed by atoms with E-state index in [4.69, 9.17) is 4.42 Å². The lowest BCUT2D eigenvalue weighted by atomic mass is 10.1. The van der Waals surface area contributed by atoms with E-state index < -0.39 is 12.5 Å². The monoisotopic (exact) mass is 315 g/mol. The van der Waals surface area contributed by atoms with E-state index in [1.807, 2.05) is 13.8 Å². The van der Waals surface area contributed by atoms with E-state index in [2.05, 4.69) is 9.72 Å². The minimum atomic E-state index is -4.73. The van der Waals surface area contributed by atoms with Crippen LogP contribution in [0, 0.1) is 0 Å². The van der Waals surface area contributed by atoms with Crippen molar-refractivity contribution in [2.45, 2.75) is 39.2 Å². The molecule has 1 unspecified atom stereocenters. The minimum absolute atomic E-state index is 0.0509. The summed E-state index contributed by atoms with van der Waals surface area (Å²) in [5.41, 5.74) is 1.13. The molecular weight excluding hydrogens is 299 g/mol. The van der Waals surface area contributed by atoms with Gasteiger partial charge in [-0.1, -0.05) is 13.8 Å². The highest BCUT2D eigenvalue weighted by Crippen LogP contribution is 2.31. The quantitative estimate of drug-likeness (QED) is 0.907. The van der Waals surface area contributed by atoms with Gasteiger partial charge in [0, 0.05) is 5.56 Å². The molecule has 0 saturated carbocycles. The van der Waals surface area contributed by atoms with Crippen LogP contribution in [-0.2, 0) is 0 Å². The SMILES string of the molecule is CC(C)c1nc(-c2ccc(OC(F)(F)F)cc2)oc1C(C)O. The van der Waals surface area contributed by atoms with Crippen LogP contribution < -0.4 is 4.74 Å². The summed E-state index contributed by atoms with van der Waals surface area (Å²) < 4.78 is 45.7. The third-order valence-electron chi connectivity index (χ3n) is 2.94. The van der Waals surface area contributed by atoms with E-state index in [0.29, 0.717) is 17.0 Å². The summed E-state index contributed by atoms with van der Waals surface area (Å²) >= 11 is 0. The van der Waals surface area contributed by atoms with Gasteiger partial charge in [-0.3, -0.25) is 0 Å². The Bertz CT molecular complexity index is 605. The molecule has 22 heavy (non-hydrogen) atoms. The van der Waals surface area contributed by atoms with Gasteiger partial charge in [0.2, 0.25) is 5.89 Å². The molecule has 0 aliphatic rings. The molecule has 2 rings (SSSR count). The number of oxazole rings is 1. The summed E-state index contributed by atoms with van der Waals surface area (Å²) in [6, 6.07) is 5.21. The van der Waals surface area contributed by atoms with E-state index in [1.165, 1.54) is 24.3 Å². The number of rotatable bonds is 4. The number of aliphatic hydroxyl groups excluding tert-OH is 1. The fourth-order valence-corrected chi connectivity index (χ4v) is 1.98. The molecule has 1 N–H and O–H groups in total. The molecule has 1 atom stereocenters. The van der Waals surface area contributed by atoms with Gasteiger partial charge in [-0.25, -0.2) is 4.98 Å². The van der Waals surface area contributed by atoms with Gasteiger partial charge in [0.1, 0.15) is 11.9 Å². The van der Waals surface area contributed by atoms with Crippen LogP contribution in [0.2, 0.25) is 0 Å². The molecule has 0 saturated heterocycles. The van der Waals surface area contributed by atoms with Crippen LogP contribution in [-0.4, -0.2) is 16.5 Å². The number of hydrogen-bond acceptors (Lipinski definition) is 4. The highest BCUT2D eigenvalue weighted by molar-refractivity contribution is 5.55. The van der Waals surface area contributed by atoms with Crippen LogP contribution in [0.5, 0.6) is 5.75 Å². The zero-order valence-electron chi connectivity index (χ0n) is 12.3. The van der Waals surface area contributed by atoms with Crippen molar-refractivity contribution in [3.8, 4) is 17.2 Å². The molecule has 7 heteroatoms. The number of ether oxygens (including phenoxy) is 1. The molecule has 0 radical (unpaired) electrons. The first kappa shape index (κ1) is 16.4. The lowest BCUT2D eigenvalue weighted by Crippen LogP contribution is -2.16. The Balaban J connectivity index is 2.30. The van der Waals surface area contributed by atoms with Crippen molar-refractivity contribution in [3.05, 3.63) is 35.7 Å². The van der Waals surface area contributed by atoms with E-state index in [1.54, 1.807) is 6.92 Å². The van der Waals surface area contributed by atoms with Crippen LogP contribution in [0.15, 0.2) is 28.7 Å². The summed E-state index contributed by atoms with van der Waals surface area (Å²) in [5.74, 6) is 0.344. The summed E-state index contributed by atoms with van der Waals surface area (Å²) in [7, 11) is 0. The minimum Gasteiger partial charge on any atom is -0.438 e. The van der Waals surface area contributed by atoms with Crippen LogP contribution in [0.25, 0.3) is 11.5 Å². The Morgan fingerprint density at radius 1 is 1.14 bits per heavy atom. The maximum atomic E-state index is 12.1. The molecule has 1 heterocycles. The fourth-order valence-electron chi connectivity index (χ4n) is 1.98. The van der Waals surface area contributed by atoms with E-state index in [9.17, 15) is 18.3 Å². The van der Waals surface area contributed by atoms with Crippen molar-refractivity contribution in [1.29, 1.82) is 0 Å². The Morgan fingerprint density at radius 2 is 1.73 bits per heavy atom. The number of halogens is 3. The van der Waals surface area contributed by atoms with Gasteiger partial charge in [-0.2, -0.15) is 0 Å². The Kier molecular flexibility index (Phi) is 4.46. The first-order chi connectivity index (χ1) is 10.2. The average molecular weight is 315 g/mol. The molecule has 1 aromatic heterocycles. The standard InChI is InChI=1S/C15H16F3NO3/c1-8(2)12-13(9(3)20)21-14(19-12)10-4-6-11(7-5-10)22-15(16,17)18/h4-9,20H,1-3H3. The molecule has 0 fully saturated rings. The highest BCUT2D eigenvalue weighted by Gasteiger charge is 2.31. The smallest absolute Gasteiger partial charge is 0.438 e. The predicted molar refractivity (Wildman–Crippen MR) is 73.3 cm³/mol. The largest absolute Gasteiger partial charge is 0.573 e. The Labute approximate surface area is 125 Å². The zero-order chi connectivity index (χ0) is 16.5. The normalized spacial score (nSPS) is 13.5. The lowest BCUT2D eigenvalue weighted by molar-refractivity contribution is -0.274. The van der Waals surface area contributed by atoms with Gasteiger partial charge in [0.25, 0.3) is 0 Å². The second-order valence-electron chi connectivity index (χ2n) is 5.17. The number of aliphatic hydroxyl groups is 1. The number of hydrogen-bond donors (Lipinski definition) is 1. The number of benzene rings is 1. The molecule has 0 spiro atoms. The summed E-state index contributed by atoms with van der Waals surface area (Å²) in [4.78, 5) is 4.32. The number of aromatic nitrogens is 1. The van der Waals surface area contributed by atoms with Gasteiger partial charge < -0.3 is 14.3 Å². The molecule has 120 valence electrons.